The van der Waals surface area contributed by atoms with E-state index in [2.05, 4.69) is 15.5 Å². The SMILES string of the molecule is CCn1ccc(C(C)NC(=O)Cn2nccc2C(=O)O)n1. The van der Waals surface area contributed by atoms with Gasteiger partial charge in [0.25, 0.3) is 0 Å². The molecule has 2 aromatic heterocycles. The zero-order valence-corrected chi connectivity index (χ0v) is 11.9. The van der Waals surface area contributed by atoms with Crippen LogP contribution in [0.25, 0.3) is 0 Å². The molecule has 0 saturated heterocycles. The molecule has 1 amide bonds. The summed E-state index contributed by atoms with van der Waals surface area (Å²) in [5.74, 6) is -1.44. The van der Waals surface area contributed by atoms with Crippen molar-refractivity contribution in [1.29, 1.82) is 0 Å². The quantitative estimate of drug-likeness (QED) is 0.814. The van der Waals surface area contributed by atoms with Gasteiger partial charge in [0.15, 0.2) is 0 Å². The van der Waals surface area contributed by atoms with Crippen molar-refractivity contribution in [2.45, 2.75) is 33.0 Å². The smallest absolute Gasteiger partial charge is 0.354 e. The van der Waals surface area contributed by atoms with Gasteiger partial charge in [-0.25, -0.2) is 9.48 Å². The third-order valence-electron chi connectivity index (χ3n) is 3.04. The van der Waals surface area contributed by atoms with Crippen molar-refractivity contribution >= 4 is 11.9 Å². The van der Waals surface area contributed by atoms with Crippen molar-refractivity contribution in [2.24, 2.45) is 0 Å². The van der Waals surface area contributed by atoms with Crippen LogP contribution in [0.15, 0.2) is 24.5 Å². The Morgan fingerprint density at radius 1 is 1.43 bits per heavy atom. The molecule has 2 rings (SSSR count). The second-order valence-electron chi connectivity index (χ2n) is 4.56. The average molecular weight is 291 g/mol. The number of hydrogen-bond acceptors (Lipinski definition) is 4. The Bertz CT molecular complexity index is 646. The molecule has 0 bridgehead atoms. The van der Waals surface area contributed by atoms with E-state index in [1.165, 1.54) is 12.3 Å². The molecule has 0 spiro atoms. The first-order valence-electron chi connectivity index (χ1n) is 6.59. The van der Waals surface area contributed by atoms with Gasteiger partial charge in [0.05, 0.1) is 11.7 Å². The first-order valence-corrected chi connectivity index (χ1v) is 6.59. The number of nitrogens with zero attached hydrogens (tertiary/aromatic N) is 4. The van der Waals surface area contributed by atoms with Crippen molar-refractivity contribution in [3.8, 4) is 0 Å². The molecule has 8 nitrogen and oxygen atoms in total. The first kappa shape index (κ1) is 14.8. The molecule has 0 aromatic carbocycles. The molecule has 0 radical (unpaired) electrons. The van der Waals surface area contributed by atoms with Gasteiger partial charge in [0.2, 0.25) is 5.91 Å². The van der Waals surface area contributed by atoms with Gasteiger partial charge in [-0.05, 0) is 26.0 Å². The van der Waals surface area contributed by atoms with Crippen molar-refractivity contribution in [2.75, 3.05) is 0 Å². The Kier molecular flexibility index (Phi) is 4.36. The summed E-state index contributed by atoms with van der Waals surface area (Å²) >= 11 is 0. The van der Waals surface area contributed by atoms with Crippen LogP contribution in [0.3, 0.4) is 0 Å². The normalized spacial score (nSPS) is 12.1. The maximum Gasteiger partial charge on any atom is 0.354 e. The minimum Gasteiger partial charge on any atom is -0.477 e. The second kappa shape index (κ2) is 6.21. The molecule has 21 heavy (non-hydrogen) atoms. The standard InChI is InChI=1S/C13H17N5O3/c1-3-17-7-5-10(16-17)9(2)15-12(19)8-18-11(13(20)21)4-6-14-18/h4-7,9H,3,8H2,1-2H3,(H,15,19)(H,20,21). The summed E-state index contributed by atoms with van der Waals surface area (Å²) in [6.45, 7) is 4.41. The third-order valence-corrected chi connectivity index (χ3v) is 3.04. The van der Waals surface area contributed by atoms with Crippen molar-refractivity contribution < 1.29 is 14.7 Å². The van der Waals surface area contributed by atoms with Crippen molar-refractivity contribution in [3.05, 3.63) is 35.9 Å². The summed E-state index contributed by atoms with van der Waals surface area (Å²) in [6, 6.07) is 2.93. The predicted octanol–water partition coefficient (Wildman–Crippen LogP) is 0.675. The summed E-state index contributed by atoms with van der Waals surface area (Å²) < 4.78 is 2.92. The van der Waals surface area contributed by atoms with E-state index in [1.54, 1.807) is 4.68 Å². The fraction of sp³-hybridized carbons (Fsp3) is 0.385. The fourth-order valence-corrected chi connectivity index (χ4v) is 1.92. The van der Waals surface area contributed by atoms with E-state index in [1.807, 2.05) is 26.1 Å². The van der Waals surface area contributed by atoms with Gasteiger partial charge < -0.3 is 10.4 Å². The number of hydrogen-bond donors (Lipinski definition) is 2. The van der Waals surface area contributed by atoms with E-state index in [0.29, 0.717) is 0 Å². The van der Waals surface area contributed by atoms with Crippen LogP contribution < -0.4 is 5.32 Å². The molecule has 1 atom stereocenters. The topological polar surface area (TPSA) is 102 Å². The lowest BCUT2D eigenvalue weighted by atomic mass is 10.2. The monoisotopic (exact) mass is 291 g/mol. The van der Waals surface area contributed by atoms with E-state index < -0.39 is 5.97 Å². The highest BCUT2D eigenvalue weighted by atomic mass is 16.4. The van der Waals surface area contributed by atoms with Crippen LogP contribution in [0.2, 0.25) is 0 Å². The minimum absolute atomic E-state index is 0.0203. The van der Waals surface area contributed by atoms with Crippen LogP contribution in [0.5, 0.6) is 0 Å². The first-order chi connectivity index (χ1) is 10.0. The highest BCUT2D eigenvalue weighted by molar-refractivity contribution is 5.86. The molecular formula is C13H17N5O3. The van der Waals surface area contributed by atoms with Gasteiger partial charge in [0.1, 0.15) is 12.2 Å². The Morgan fingerprint density at radius 3 is 2.81 bits per heavy atom. The molecule has 1 unspecified atom stereocenters. The Labute approximate surface area is 121 Å². The average Bonchev–Trinajstić information content (AvgIpc) is 3.06. The number of aryl methyl sites for hydroxylation is 1. The Balaban J connectivity index is 1.98. The van der Waals surface area contributed by atoms with Gasteiger partial charge in [0, 0.05) is 18.9 Å². The van der Waals surface area contributed by atoms with E-state index in [9.17, 15) is 9.59 Å². The highest BCUT2D eigenvalue weighted by Crippen LogP contribution is 2.09. The minimum atomic E-state index is -1.12. The molecule has 0 saturated carbocycles. The van der Waals surface area contributed by atoms with Crippen LogP contribution in [-0.4, -0.2) is 36.5 Å². The van der Waals surface area contributed by atoms with Crippen molar-refractivity contribution in [3.63, 3.8) is 0 Å². The summed E-state index contributed by atoms with van der Waals surface area (Å²) in [4.78, 5) is 22.9. The summed E-state index contributed by atoms with van der Waals surface area (Å²) in [7, 11) is 0. The van der Waals surface area contributed by atoms with Gasteiger partial charge in [-0.2, -0.15) is 10.2 Å². The number of amides is 1. The van der Waals surface area contributed by atoms with Crippen LogP contribution in [0.4, 0.5) is 0 Å². The predicted molar refractivity (Wildman–Crippen MR) is 73.6 cm³/mol. The summed E-state index contributed by atoms with van der Waals surface area (Å²) in [6.07, 6.45) is 3.19. The van der Waals surface area contributed by atoms with Gasteiger partial charge in [-0.15, -0.1) is 0 Å². The lowest BCUT2D eigenvalue weighted by Crippen LogP contribution is -2.31. The molecule has 0 aliphatic heterocycles. The second-order valence-corrected chi connectivity index (χ2v) is 4.56. The molecule has 0 aliphatic carbocycles. The highest BCUT2D eigenvalue weighted by Gasteiger charge is 2.16. The number of aromatic nitrogens is 4. The number of nitrogens with one attached hydrogen (secondary N) is 1. The van der Waals surface area contributed by atoms with E-state index >= 15 is 0 Å². The third kappa shape index (κ3) is 3.47. The van der Waals surface area contributed by atoms with Gasteiger partial charge in [-0.1, -0.05) is 0 Å². The summed E-state index contributed by atoms with van der Waals surface area (Å²) in [5.41, 5.74) is 0.734. The van der Waals surface area contributed by atoms with E-state index in [0.717, 1.165) is 16.9 Å². The molecule has 8 heteroatoms. The fourth-order valence-electron chi connectivity index (χ4n) is 1.92. The van der Waals surface area contributed by atoms with Gasteiger partial charge in [-0.3, -0.25) is 9.48 Å². The maximum atomic E-state index is 11.9. The number of carboxylic acids is 1. The van der Waals surface area contributed by atoms with Crippen LogP contribution in [0.1, 0.15) is 36.1 Å². The molecule has 2 aromatic rings. The molecular weight excluding hydrogens is 274 g/mol. The number of carbonyl (C=O) groups excluding carboxylic acids is 1. The number of carbonyl (C=O) groups is 2. The Hall–Kier alpha value is -2.64. The molecule has 112 valence electrons. The van der Waals surface area contributed by atoms with Crippen LogP contribution in [0, 0.1) is 0 Å². The number of rotatable bonds is 6. The largest absolute Gasteiger partial charge is 0.477 e. The number of carboxylic acid groups (broad SMARTS) is 1. The maximum absolute atomic E-state index is 11.9. The Morgan fingerprint density at radius 2 is 2.19 bits per heavy atom. The van der Waals surface area contributed by atoms with E-state index in [4.69, 9.17) is 5.11 Å². The zero-order valence-electron chi connectivity index (χ0n) is 11.9. The lowest BCUT2D eigenvalue weighted by molar-refractivity contribution is -0.122. The van der Waals surface area contributed by atoms with Crippen LogP contribution >= 0.6 is 0 Å². The van der Waals surface area contributed by atoms with Crippen molar-refractivity contribution in [1.82, 2.24) is 24.9 Å². The van der Waals surface area contributed by atoms with E-state index in [-0.39, 0.29) is 24.2 Å². The lowest BCUT2D eigenvalue weighted by Gasteiger charge is -2.12. The molecule has 0 fully saturated rings. The molecule has 2 N–H and O–H groups in total. The van der Waals surface area contributed by atoms with Crippen LogP contribution in [-0.2, 0) is 17.9 Å². The summed E-state index contributed by atoms with van der Waals surface area (Å²) in [5, 5.41) is 19.9. The number of aromatic carboxylic acids is 1. The zero-order chi connectivity index (χ0) is 15.4. The van der Waals surface area contributed by atoms with Gasteiger partial charge >= 0.3 is 5.97 Å². The molecule has 0 aliphatic rings. The molecule has 2 heterocycles.